The van der Waals surface area contributed by atoms with Crippen LogP contribution >= 0.6 is 0 Å². The molecule has 0 spiro atoms. The molecule has 5 rings (SSSR count). The van der Waals surface area contributed by atoms with Gasteiger partial charge < -0.3 is 24.5 Å². The Morgan fingerprint density at radius 3 is 2.88 bits per heavy atom. The fraction of sp³-hybridized carbons (Fsp3) is 0.409. The summed E-state index contributed by atoms with van der Waals surface area (Å²) in [7, 11) is 3.30. The second kappa shape index (κ2) is 8.50. The highest BCUT2D eigenvalue weighted by atomic mass is 19.3. The third-order valence-electron chi connectivity index (χ3n) is 6.08. The van der Waals surface area contributed by atoms with Crippen LogP contribution in [0.4, 0.5) is 14.7 Å². The molecule has 1 saturated heterocycles. The average molecular weight is 470 g/mol. The van der Waals surface area contributed by atoms with Gasteiger partial charge in [0.1, 0.15) is 11.5 Å². The molecule has 10 nitrogen and oxygen atoms in total. The topological polar surface area (TPSA) is 114 Å². The Labute approximate surface area is 193 Å². The number of nitrogens with one attached hydrogen (secondary N) is 2. The Kier molecular flexibility index (Phi) is 5.50. The van der Waals surface area contributed by atoms with Gasteiger partial charge in [0.05, 0.1) is 24.6 Å². The Morgan fingerprint density at radius 1 is 1.32 bits per heavy atom. The molecule has 0 radical (unpaired) electrons. The lowest BCUT2D eigenvalue weighted by Crippen LogP contribution is -2.43. The highest BCUT2D eigenvalue weighted by Gasteiger charge is 2.24. The molecule has 0 aromatic carbocycles. The Hall–Kier alpha value is -3.83. The van der Waals surface area contributed by atoms with Crippen molar-refractivity contribution in [2.75, 3.05) is 26.0 Å². The zero-order valence-corrected chi connectivity index (χ0v) is 19.0. The van der Waals surface area contributed by atoms with Gasteiger partial charge in [-0.05, 0) is 19.4 Å². The number of amides is 1. The predicted octanol–water partition coefficient (Wildman–Crippen LogP) is 2.98. The highest BCUT2D eigenvalue weighted by molar-refractivity contribution is 5.98. The van der Waals surface area contributed by atoms with Crippen molar-refractivity contribution in [3.05, 3.63) is 24.3 Å². The minimum absolute atomic E-state index is 0.0317. The van der Waals surface area contributed by atoms with Crippen LogP contribution < -0.4 is 10.1 Å². The summed E-state index contributed by atoms with van der Waals surface area (Å²) in [5, 5.41) is 3.94. The fourth-order valence-corrected chi connectivity index (χ4v) is 4.39. The molecule has 0 aliphatic carbocycles. The van der Waals surface area contributed by atoms with Gasteiger partial charge in [-0.25, -0.2) is 18.7 Å². The van der Waals surface area contributed by atoms with Gasteiger partial charge in [-0.3, -0.25) is 4.79 Å². The number of anilines is 1. The molecule has 0 bridgehead atoms. The van der Waals surface area contributed by atoms with Crippen molar-refractivity contribution in [1.82, 2.24) is 34.4 Å². The summed E-state index contributed by atoms with van der Waals surface area (Å²) in [5.74, 6) is 1.35. The molecule has 1 unspecified atom stereocenters. The summed E-state index contributed by atoms with van der Waals surface area (Å²) in [6.45, 7) is 1.79. The van der Waals surface area contributed by atoms with E-state index in [0.717, 1.165) is 5.56 Å². The number of aromatic nitrogens is 6. The van der Waals surface area contributed by atoms with Crippen molar-refractivity contribution in [2.45, 2.75) is 38.8 Å². The number of alkyl halides is 2. The number of halogens is 2. The molecule has 1 fully saturated rings. The molecule has 178 valence electrons. The standard InChI is InChI=1S/C22H24F2N8O2/c1-11-27-19-15(32(11)10-16(23)24)6-12(7-25-19)14-8-26-20-18(14)21(34-3)30-22(29-20)28-13-4-5-17(33)31(2)9-13/h6-8,13,16H,4-5,9-10H2,1-3H3,(H2,26,28,29,30). The molecule has 2 N–H and O–H groups in total. The number of hydrogen-bond acceptors (Lipinski definition) is 7. The van der Waals surface area contributed by atoms with Crippen LogP contribution in [-0.2, 0) is 11.3 Å². The van der Waals surface area contributed by atoms with E-state index in [1.54, 1.807) is 37.3 Å². The van der Waals surface area contributed by atoms with E-state index in [4.69, 9.17) is 4.74 Å². The number of ether oxygens (including phenoxy) is 1. The van der Waals surface area contributed by atoms with E-state index in [-0.39, 0.29) is 11.9 Å². The molecule has 4 aromatic rings. The monoisotopic (exact) mass is 470 g/mol. The predicted molar refractivity (Wildman–Crippen MR) is 122 cm³/mol. The zero-order chi connectivity index (χ0) is 24.0. The maximum atomic E-state index is 13.1. The van der Waals surface area contributed by atoms with Gasteiger partial charge in [-0.1, -0.05) is 0 Å². The molecule has 4 aromatic heterocycles. The van der Waals surface area contributed by atoms with Gasteiger partial charge in [-0.2, -0.15) is 9.97 Å². The number of piperidine rings is 1. The number of nitrogens with zero attached hydrogens (tertiary/aromatic N) is 6. The number of aryl methyl sites for hydroxylation is 1. The lowest BCUT2D eigenvalue weighted by molar-refractivity contribution is -0.132. The summed E-state index contributed by atoms with van der Waals surface area (Å²) in [6.07, 6.45) is 2.07. The average Bonchev–Trinajstić information content (AvgIpc) is 3.36. The molecule has 34 heavy (non-hydrogen) atoms. The number of fused-ring (bicyclic) bond motifs is 2. The number of hydrogen-bond donors (Lipinski definition) is 2. The van der Waals surface area contributed by atoms with Crippen molar-refractivity contribution >= 4 is 34.1 Å². The fourth-order valence-electron chi connectivity index (χ4n) is 4.39. The number of rotatable bonds is 6. The van der Waals surface area contributed by atoms with Crippen molar-refractivity contribution in [3.63, 3.8) is 0 Å². The molecule has 5 heterocycles. The molecule has 1 aliphatic heterocycles. The second-order valence-electron chi connectivity index (χ2n) is 8.36. The van der Waals surface area contributed by atoms with Crippen LogP contribution in [0.3, 0.4) is 0 Å². The van der Waals surface area contributed by atoms with Crippen LogP contribution in [0.15, 0.2) is 18.5 Å². The molecule has 1 aliphatic rings. The number of likely N-dealkylation sites (N-methyl/N-ethyl adjacent to an activating group) is 1. The van der Waals surface area contributed by atoms with Crippen LogP contribution in [0.5, 0.6) is 5.88 Å². The zero-order valence-electron chi connectivity index (χ0n) is 19.0. The van der Waals surface area contributed by atoms with E-state index in [0.29, 0.717) is 64.8 Å². The van der Waals surface area contributed by atoms with Crippen molar-refractivity contribution in [2.24, 2.45) is 0 Å². The third kappa shape index (κ3) is 3.88. The quantitative estimate of drug-likeness (QED) is 0.445. The van der Waals surface area contributed by atoms with E-state index in [1.807, 2.05) is 0 Å². The number of imidazole rings is 1. The minimum atomic E-state index is -2.51. The number of H-pyrrole nitrogens is 1. The first-order chi connectivity index (χ1) is 16.3. The Morgan fingerprint density at radius 2 is 2.15 bits per heavy atom. The van der Waals surface area contributed by atoms with E-state index in [1.165, 1.54) is 11.7 Å². The van der Waals surface area contributed by atoms with Gasteiger partial charge >= 0.3 is 0 Å². The van der Waals surface area contributed by atoms with Crippen molar-refractivity contribution in [3.8, 4) is 17.0 Å². The summed E-state index contributed by atoms with van der Waals surface area (Å²) in [6, 6.07) is 1.82. The number of likely N-dealkylation sites (tertiary alicyclic amines) is 1. The molecular formula is C22H24F2N8O2. The summed E-state index contributed by atoms with van der Waals surface area (Å²) >= 11 is 0. The molecule has 12 heteroatoms. The minimum Gasteiger partial charge on any atom is -0.480 e. The summed E-state index contributed by atoms with van der Waals surface area (Å²) < 4.78 is 33.2. The number of aromatic amines is 1. The second-order valence-corrected chi connectivity index (χ2v) is 8.36. The number of pyridine rings is 1. The van der Waals surface area contributed by atoms with Gasteiger partial charge in [0.25, 0.3) is 6.43 Å². The smallest absolute Gasteiger partial charge is 0.256 e. The first-order valence-electron chi connectivity index (χ1n) is 10.9. The largest absolute Gasteiger partial charge is 0.480 e. The van der Waals surface area contributed by atoms with E-state index in [2.05, 4.69) is 30.2 Å². The number of methoxy groups -OCH3 is 1. The Balaban J connectivity index is 1.52. The van der Waals surface area contributed by atoms with E-state index >= 15 is 0 Å². The van der Waals surface area contributed by atoms with Crippen LogP contribution in [0, 0.1) is 6.92 Å². The van der Waals surface area contributed by atoms with Gasteiger partial charge in [0.15, 0.2) is 5.65 Å². The van der Waals surface area contributed by atoms with E-state index in [9.17, 15) is 13.6 Å². The highest BCUT2D eigenvalue weighted by Crippen LogP contribution is 2.35. The SMILES string of the molecule is COc1nc(NC2CCC(=O)N(C)C2)nc2[nH]cc(-c3cnc4nc(C)n(CC(F)F)c4c3)c12. The molecule has 1 atom stereocenters. The normalized spacial score (nSPS) is 16.7. The maximum absolute atomic E-state index is 13.1. The number of carbonyl (C=O) groups excluding carboxylic acids is 1. The van der Waals surface area contributed by atoms with Crippen molar-refractivity contribution < 1.29 is 18.3 Å². The molecular weight excluding hydrogens is 446 g/mol. The van der Waals surface area contributed by atoms with Crippen molar-refractivity contribution in [1.29, 1.82) is 0 Å². The Bertz CT molecular complexity index is 1380. The first kappa shape index (κ1) is 22.0. The summed E-state index contributed by atoms with van der Waals surface area (Å²) in [4.78, 5) is 34.4. The van der Waals surface area contributed by atoms with Crippen LogP contribution in [0.25, 0.3) is 33.3 Å². The van der Waals surface area contributed by atoms with E-state index < -0.39 is 13.0 Å². The maximum Gasteiger partial charge on any atom is 0.256 e. The van der Waals surface area contributed by atoms with Crippen LogP contribution in [-0.4, -0.2) is 73.5 Å². The lowest BCUT2D eigenvalue weighted by Gasteiger charge is -2.30. The summed E-state index contributed by atoms with van der Waals surface area (Å²) in [5.41, 5.74) is 2.93. The van der Waals surface area contributed by atoms with Gasteiger partial charge in [0.2, 0.25) is 17.7 Å². The first-order valence-corrected chi connectivity index (χ1v) is 10.9. The van der Waals surface area contributed by atoms with Crippen LogP contribution in [0.1, 0.15) is 18.7 Å². The van der Waals surface area contributed by atoms with Gasteiger partial charge in [0, 0.05) is 49.6 Å². The molecule has 0 saturated carbocycles. The molecule has 1 amide bonds. The third-order valence-corrected chi connectivity index (χ3v) is 6.08. The van der Waals surface area contributed by atoms with Gasteiger partial charge in [-0.15, -0.1) is 0 Å². The van der Waals surface area contributed by atoms with Crippen LogP contribution in [0.2, 0.25) is 0 Å². The lowest BCUT2D eigenvalue weighted by atomic mass is 10.1. The number of carbonyl (C=O) groups is 1.